The fraction of sp³-hybridized carbons (Fsp3) is 0.417. The van der Waals surface area contributed by atoms with Crippen molar-refractivity contribution in [3.05, 3.63) is 35.9 Å². The van der Waals surface area contributed by atoms with Gasteiger partial charge in [-0.05, 0) is 0 Å². The van der Waals surface area contributed by atoms with E-state index < -0.39 is 0 Å². The summed E-state index contributed by atoms with van der Waals surface area (Å²) in [5, 5.41) is -0.0398. The Morgan fingerprint density at radius 3 is 2.35 bits per heavy atom. The van der Waals surface area contributed by atoms with Crippen molar-refractivity contribution in [3.63, 3.8) is 0 Å². The Hall–Kier alpha value is -0.880. The van der Waals surface area contributed by atoms with E-state index in [0.29, 0.717) is 12.2 Å². The molecule has 0 spiro atoms. The largest absolute Gasteiger partial charge is 0.870 e. The molecule has 1 aromatic rings. The Morgan fingerprint density at radius 1 is 1.24 bits per heavy atom. The van der Waals surface area contributed by atoms with Gasteiger partial charge in [-0.2, -0.15) is 0 Å². The monoisotopic (exact) mass is 257 g/mol. The molecule has 0 radical (unpaired) electrons. The zero-order valence-electron chi connectivity index (χ0n) is 10.4. The van der Waals surface area contributed by atoms with Crippen molar-refractivity contribution in [2.45, 2.75) is 0 Å². The Labute approximate surface area is 107 Å². The van der Waals surface area contributed by atoms with E-state index in [2.05, 4.69) is 21.1 Å². The second-order valence-electron chi connectivity index (χ2n) is 4.57. The zero-order valence-corrected chi connectivity index (χ0v) is 11.2. The normalized spacial score (nSPS) is 10.8. The fourth-order valence-corrected chi connectivity index (χ4v) is 1.53. The third kappa shape index (κ3) is 7.12. The van der Waals surface area contributed by atoms with Gasteiger partial charge in [0.25, 0.3) is 0 Å². The van der Waals surface area contributed by atoms with Gasteiger partial charge in [-0.15, -0.1) is 0 Å². The molecule has 0 heterocycles. The van der Waals surface area contributed by atoms with Gasteiger partial charge in [0.15, 0.2) is 0 Å². The molecule has 17 heavy (non-hydrogen) atoms. The molecule has 0 amide bonds. The van der Waals surface area contributed by atoms with Gasteiger partial charge < -0.3 is 14.1 Å². The van der Waals surface area contributed by atoms with Crippen LogP contribution in [0.2, 0.25) is 0 Å². The third-order valence-electron chi connectivity index (χ3n) is 1.99. The van der Waals surface area contributed by atoms with Crippen LogP contribution in [0, 0.1) is 0 Å². The topological polar surface area (TPSA) is 56.3 Å². The summed E-state index contributed by atoms with van der Waals surface area (Å²) in [6.45, 7) is 1.46. The summed E-state index contributed by atoms with van der Waals surface area (Å²) in [5.41, 5.74) is 0.678. The average molecular weight is 257 g/mol. The standard InChI is InChI=1S/C12H18NO2S.H2O/c1-13(2,3)9-10-15-16-12(14)11-7-5-4-6-8-11;/h4-8H,9-10H2,1-3H3;1H2/q+1;/p-1. The van der Waals surface area contributed by atoms with Gasteiger partial charge in [0.1, 0.15) is 13.2 Å². The van der Waals surface area contributed by atoms with Crippen LogP contribution in [0.3, 0.4) is 0 Å². The van der Waals surface area contributed by atoms with Crippen LogP contribution in [0.5, 0.6) is 0 Å². The second kappa shape index (κ2) is 7.45. The Bertz CT molecular complexity index is 335. The summed E-state index contributed by atoms with van der Waals surface area (Å²) in [7, 11) is 6.27. The summed E-state index contributed by atoms with van der Waals surface area (Å²) < 4.78 is 6.11. The molecule has 1 rings (SSSR count). The number of rotatable bonds is 5. The van der Waals surface area contributed by atoms with Crippen LogP contribution in [0.15, 0.2) is 30.3 Å². The van der Waals surface area contributed by atoms with Crippen LogP contribution in [-0.2, 0) is 4.18 Å². The maximum absolute atomic E-state index is 11.6. The van der Waals surface area contributed by atoms with E-state index in [0.717, 1.165) is 23.1 Å². The minimum absolute atomic E-state index is 0. The highest BCUT2D eigenvalue weighted by Crippen LogP contribution is 2.13. The maximum atomic E-state index is 11.6. The number of carbonyl (C=O) groups excluding carboxylic acids is 1. The number of nitrogens with zero attached hydrogens (tertiary/aromatic N) is 1. The molecule has 0 aliphatic heterocycles. The van der Waals surface area contributed by atoms with Crippen LogP contribution < -0.4 is 0 Å². The summed E-state index contributed by atoms with van der Waals surface area (Å²) >= 11 is 0.921. The molecular formula is C12H19NO3S. The van der Waals surface area contributed by atoms with Crippen molar-refractivity contribution < 1.29 is 18.9 Å². The molecular weight excluding hydrogens is 238 g/mol. The zero-order chi connectivity index (χ0) is 12.0. The molecule has 1 N–H and O–H groups in total. The Morgan fingerprint density at radius 2 is 1.82 bits per heavy atom. The predicted molar refractivity (Wildman–Crippen MR) is 69.2 cm³/mol. The average Bonchev–Trinajstić information content (AvgIpc) is 2.24. The number of likely N-dealkylation sites (N-methyl/N-ethyl adjacent to an activating group) is 1. The first-order valence-electron chi connectivity index (χ1n) is 5.18. The molecule has 0 atom stereocenters. The van der Waals surface area contributed by atoms with Crippen LogP contribution in [0.1, 0.15) is 10.4 Å². The molecule has 0 aliphatic carbocycles. The molecule has 0 aliphatic rings. The summed E-state index contributed by atoms with van der Waals surface area (Å²) in [6.07, 6.45) is 0. The van der Waals surface area contributed by atoms with Crippen molar-refractivity contribution in [2.24, 2.45) is 0 Å². The van der Waals surface area contributed by atoms with Gasteiger partial charge in [-0.25, -0.2) is 0 Å². The molecule has 0 aromatic heterocycles. The molecule has 1 aromatic carbocycles. The number of hydrogen-bond acceptors (Lipinski definition) is 4. The molecule has 0 saturated heterocycles. The van der Waals surface area contributed by atoms with Gasteiger partial charge in [0.2, 0.25) is 5.12 Å². The summed E-state index contributed by atoms with van der Waals surface area (Å²) in [5.74, 6) is 0. The van der Waals surface area contributed by atoms with Crippen molar-refractivity contribution in [2.75, 3.05) is 34.3 Å². The minimum Gasteiger partial charge on any atom is -0.870 e. The van der Waals surface area contributed by atoms with Crippen LogP contribution in [0.25, 0.3) is 0 Å². The smallest absolute Gasteiger partial charge is 0.246 e. The predicted octanol–water partition coefficient (Wildman–Crippen LogP) is 2.02. The van der Waals surface area contributed by atoms with E-state index >= 15 is 0 Å². The molecule has 0 bridgehead atoms. The lowest BCUT2D eigenvalue weighted by atomic mass is 10.2. The number of quaternary nitrogens is 1. The second-order valence-corrected chi connectivity index (χ2v) is 5.35. The van der Waals surface area contributed by atoms with Crippen LogP contribution in [-0.4, -0.2) is 49.4 Å². The maximum Gasteiger partial charge on any atom is 0.246 e. The van der Waals surface area contributed by atoms with E-state index in [4.69, 9.17) is 4.18 Å². The van der Waals surface area contributed by atoms with Crippen molar-refractivity contribution >= 4 is 17.2 Å². The molecule has 0 unspecified atom stereocenters. The quantitative estimate of drug-likeness (QED) is 0.460. The van der Waals surface area contributed by atoms with Gasteiger partial charge >= 0.3 is 0 Å². The Kier molecular flexibility index (Phi) is 7.06. The number of hydrogen-bond donors (Lipinski definition) is 0. The molecule has 0 saturated carbocycles. The van der Waals surface area contributed by atoms with Gasteiger partial charge in [-0.1, -0.05) is 30.3 Å². The highest BCUT2D eigenvalue weighted by atomic mass is 32.2. The van der Waals surface area contributed by atoms with Crippen LogP contribution in [0.4, 0.5) is 0 Å². The van der Waals surface area contributed by atoms with Gasteiger partial charge in [0.05, 0.1) is 33.2 Å². The highest BCUT2D eigenvalue weighted by Gasteiger charge is 2.09. The van der Waals surface area contributed by atoms with E-state index in [-0.39, 0.29) is 10.6 Å². The van der Waals surface area contributed by atoms with Crippen molar-refractivity contribution in [3.8, 4) is 0 Å². The first-order valence-corrected chi connectivity index (χ1v) is 5.92. The molecule has 4 nitrogen and oxygen atoms in total. The lowest BCUT2D eigenvalue weighted by molar-refractivity contribution is -0.870. The van der Waals surface area contributed by atoms with E-state index in [9.17, 15) is 4.79 Å². The van der Waals surface area contributed by atoms with Crippen molar-refractivity contribution in [1.82, 2.24) is 0 Å². The molecule has 96 valence electrons. The SMILES string of the molecule is C[N+](C)(C)CCOSC(=O)c1ccccc1.[OH-]. The summed E-state index contributed by atoms with van der Waals surface area (Å²) in [6, 6.07) is 9.16. The number of benzene rings is 1. The van der Waals surface area contributed by atoms with Gasteiger partial charge in [-0.3, -0.25) is 4.79 Å². The van der Waals surface area contributed by atoms with Crippen molar-refractivity contribution in [1.29, 1.82) is 0 Å². The fourth-order valence-electron chi connectivity index (χ4n) is 1.03. The first kappa shape index (κ1) is 16.1. The van der Waals surface area contributed by atoms with E-state index in [1.54, 1.807) is 12.1 Å². The molecule has 0 fully saturated rings. The summed E-state index contributed by atoms with van der Waals surface area (Å²) in [4.78, 5) is 11.6. The highest BCUT2D eigenvalue weighted by molar-refractivity contribution is 8.10. The Balaban J connectivity index is 0.00000256. The third-order valence-corrected chi connectivity index (χ3v) is 2.66. The van der Waals surface area contributed by atoms with Crippen LogP contribution >= 0.6 is 12.0 Å². The first-order chi connectivity index (χ1) is 7.49. The van der Waals surface area contributed by atoms with Gasteiger partial charge in [0, 0.05) is 5.56 Å². The van der Waals surface area contributed by atoms with E-state index in [1.165, 1.54) is 0 Å². The lowest BCUT2D eigenvalue weighted by Crippen LogP contribution is -2.37. The van der Waals surface area contributed by atoms with E-state index in [1.807, 2.05) is 18.2 Å². The minimum atomic E-state index is -0.0398. The lowest BCUT2D eigenvalue weighted by Gasteiger charge is -2.22. The number of carbonyl (C=O) groups is 1. The molecule has 5 heteroatoms.